The molecular weight excluding hydrogens is 356 g/mol. The largest absolute Gasteiger partial charge is 0.494 e. The lowest BCUT2D eigenvalue weighted by Crippen LogP contribution is -2.47. The van der Waals surface area contributed by atoms with Gasteiger partial charge in [-0.25, -0.2) is 9.97 Å². The number of piperazine rings is 1. The number of benzene rings is 1. The Morgan fingerprint density at radius 2 is 1.68 bits per heavy atom. The van der Waals surface area contributed by atoms with Gasteiger partial charge >= 0.3 is 0 Å². The Hall–Kier alpha value is -2.87. The van der Waals surface area contributed by atoms with Crippen LogP contribution < -0.4 is 14.4 Å². The van der Waals surface area contributed by atoms with Gasteiger partial charge < -0.3 is 14.4 Å². The lowest BCUT2D eigenvalue weighted by atomic mass is 10.3. The summed E-state index contributed by atoms with van der Waals surface area (Å²) in [4.78, 5) is 13.6. The summed E-state index contributed by atoms with van der Waals surface area (Å²) >= 11 is 0. The summed E-state index contributed by atoms with van der Waals surface area (Å²) in [6, 6.07) is 7.80. The summed E-state index contributed by atoms with van der Waals surface area (Å²) in [5.41, 5.74) is 0.871. The minimum atomic E-state index is 0.674. The van der Waals surface area contributed by atoms with E-state index in [1.54, 1.807) is 11.0 Å². The molecule has 0 saturated carbocycles. The molecule has 0 unspecified atom stereocenters. The van der Waals surface area contributed by atoms with Crippen LogP contribution in [-0.4, -0.2) is 70.6 Å². The molecule has 1 fully saturated rings. The van der Waals surface area contributed by atoms with Gasteiger partial charge in [-0.3, -0.25) is 9.58 Å². The van der Waals surface area contributed by atoms with Crippen molar-refractivity contribution < 1.29 is 9.47 Å². The normalized spacial score (nSPS) is 15.1. The van der Waals surface area contributed by atoms with Gasteiger partial charge in [0.15, 0.2) is 5.65 Å². The van der Waals surface area contributed by atoms with Crippen LogP contribution >= 0.6 is 0 Å². The Balaban J connectivity index is 1.26. The number of rotatable bonds is 7. The second-order valence-electron chi connectivity index (χ2n) is 6.78. The van der Waals surface area contributed by atoms with Crippen molar-refractivity contribution in [2.75, 3.05) is 50.8 Å². The summed E-state index contributed by atoms with van der Waals surface area (Å²) in [6.45, 7) is 8.08. The molecule has 28 heavy (non-hydrogen) atoms. The van der Waals surface area contributed by atoms with Crippen LogP contribution in [0.5, 0.6) is 11.5 Å². The third-order valence-corrected chi connectivity index (χ3v) is 4.99. The molecule has 2 aromatic heterocycles. The highest BCUT2D eigenvalue weighted by Gasteiger charge is 2.20. The molecular formula is C20H26N6O2. The van der Waals surface area contributed by atoms with Crippen LogP contribution in [0.25, 0.3) is 11.0 Å². The third kappa shape index (κ3) is 4.01. The van der Waals surface area contributed by atoms with E-state index in [1.807, 2.05) is 44.4 Å². The average Bonchev–Trinajstić information content (AvgIpc) is 3.11. The van der Waals surface area contributed by atoms with E-state index >= 15 is 0 Å². The molecule has 8 nitrogen and oxygen atoms in total. The molecule has 0 radical (unpaired) electrons. The van der Waals surface area contributed by atoms with Gasteiger partial charge in [0.05, 0.1) is 18.2 Å². The highest BCUT2D eigenvalue weighted by Crippen LogP contribution is 2.23. The Kier molecular flexibility index (Phi) is 5.57. The van der Waals surface area contributed by atoms with Crippen LogP contribution in [0.2, 0.25) is 0 Å². The van der Waals surface area contributed by atoms with E-state index in [0.717, 1.165) is 61.1 Å². The van der Waals surface area contributed by atoms with Crippen molar-refractivity contribution in [2.24, 2.45) is 7.05 Å². The standard InChI is InChI=1S/C20H26N6O2/c1-3-27-16-4-6-17(7-5-16)28-13-12-25-8-10-26(11-9-25)20-18-14-23-24(2)19(18)21-15-22-20/h4-7,14-15H,3,8-13H2,1-2H3. The van der Waals surface area contributed by atoms with Crippen LogP contribution in [0.1, 0.15) is 6.92 Å². The van der Waals surface area contributed by atoms with Gasteiger partial charge in [0.25, 0.3) is 0 Å². The number of ether oxygens (including phenoxy) is 2. The van der Waals surface area contributed by atoms with E-state index in [1.165, 1.54) is 0 Å². The molecule has 0 spiro atoms. The predicted molar refractivity (Wildman–Crippen MR) is 108 cm³/mol. The first kappa shape index (κ1) is 18.5. The van der Waals surface area contributed by atoms with E-state index in [9.17, 15) is 0 Å². The van der Waals surface area contributed by atoms with Gasteiger partial charge in [-0.15, -0.1) is 0 Å². The zero-order valence-corrected chi connectivity index (χ0v) is 16.4. The predicted octanol–water partition coefficient (Wildman–Crippen LogP) is 1.96. The number of nitrogens with zero attached hydrogens (tertiary/aromatic N) is 6. The van der Waals surface area contributed by atoms with Crippen molar-refractivity contribution >= 4 is 16.9 Å². The lowest BCUT2D eigenvalue weighted by Gasteiger charge is -2.35. The Labute approximate surface area is 164 Å². The molecule has 148 valence electrons. The van der Waals surface area contributed by atoms with E-state index < -0.39 is 0 Å². The monoisotopic (exact) mass is 382 g/mol. The average molecular weight is 382 g/mol. The fraction of sp³-hybridized carbons (Fsp3) is 0.450. The number of aromatic nitrogens is 4. The molecule has 0 amide bonds. The van der Waals surface area contributed by atoms with Crippen LogP contribution in [-0.2, 0) is 7.05 Å². The molecule has 1 aromatic carbocycles. The molecule has 4 rings (SSSR count). The summed E-state index contributed by atoms with van der Waals surface area (Å²) in [7, 11) is 1.90. The summed E-state index contributed by atoms with van der Waals surface area (Å²) < 4.78 is 13.1. The van der Waals surface area contributed by atoms with Gasteiger partial charge in [-0.05, 0) is 31.2 Å². The van der Waals surface area contributed by atoms with E-state index in [2.05, 4.69) is 24.9 Å². The molecule has 0 N–H and O–H groups in total. The molecule has 1 aliphatic heterocycles. The zero-order chi connectivity index (χ0) is 19.3. The molecule has 1 aliphatic rings. The summed E-state index contributed by atoms with van der Waals surface area (Å²) in [5.74, 6) is 2.73. The summed E-state index contributed by atoms with van der Waals surface area (Å²) in [6.07, 6.45) is 3.47. The lowest BCUT2D eigenvalue weighted by molar-refractivity contribution is 0.200. The molecule has 8 heteroatoms. The second kappa shape index (κ2) is 8.43. The molecule has 0 aliphatic carbocycles. The van der Waals surface area contributed by atoms with Gasteiger partial charge in [0.2, 0.25) is 0 Å². The number of fused-ring (bicyclic) bond motifs is 1. The van der Waals surface area contributed by atoms with Crippen LogP contribution in [0.4, 0.5) is 5.82 Å². The maximum absolute atomic E-state index is 5.87. The first-order chi connectivity index (χ1) is 13.7. The van der Waals surface area contributed by atoms with Crippen molar-refractivity contribution in [1.29, 1.82) is 0 Å². The van der Waals surface area contributed by atoms with E-state index in [-0.39, 0.29) is 0 Å². The summed E-state index contributed by atoms with van der Waals surface area (Å²) in [5, 5.41) is 5.32. The molecule has 3 aromatic rings. The minimum absolute atomic E-state index is 0.674. The fourth-order valence-corrected chi connectivity index (χ4v) is 3.48. The van der Waals surface area contributed by atoms with Crippen molar-refractivity contribution in [1.82, 2.24) is 24.6 Å². The highest BCUT2D eigenvalue weighted by atomic mass is 16.5. The Bertz CT molecular complexity index is 903. The Morgan fingerprint density at radius 3 is 2.39 bits per heavy atom. The quantitative estimate of drug-likeness (QED) is 0.619. The maximum atomic E-state index is 5.87. The SMILES string of the molecule is CCOc1ccc(OCCN2CCN(c3ncnc4c3cnn4C)CC2)cc1. The first-order valence-corrected chi connectivity index (χ1v) is 9.70. The molecule has 0 bridgehead atoms. The molecule has 0 atom stereocenters. The molecule has 1 saturated heterocycles. The van der Waals surface area contributed by atoms with Crippen LogP contribution in [0, 0.1) is 0 Å². The second-order valence-corrected chi connectivity index (χ2v) is 6.78. The molecule has 3 heterocycles. The highest BCUT2D eigenvalue weighted by molar-refractivity contribution is 5.86. The smallest absolute Gasteiger partial charge is 0.163 e. The topological polar surface area (TPSA) is 68.5 Å². The third-order valence-electron chi connectivity index (χ3n) is 4.99. The number of anilines is 1. The van der Waals surface area contributed by atoms with Gasteiger partial charge in [-0.2, -0.15) is 5.10 Å². The zero-order valence-electron chi connectivity index (χ0n) is 16.4. The number of hydrogen-bond donors (Lipinski definition) is 0. The number of aryl methyl sites for hydroxylation is 1. The Morgan fingerprint density at radius 1 is 0.964 bits per heavy atom. The fourth-order valence-electron chi connectivity index (χ4n) is 3.48. The van der Waals surface area contributed by atoms with Gasteiger partial charge in [-0.1, -0.05) is 0 Å². The first-order valence-electron chi connectivity index (χ1n) is 9.70. The van der Waals surface area contributed by atoms with Crippen molar-refractivity contribution in [3.63, 3.8) is 0 Å². The van der Waals surface area contributed by atoms with Gasteiger partial charge in [0, 0.05) is 39.8 Å². The minimum Gasteiger partial charge on any atom is -0.494 e. The van der Waals surface area contributed by atoms with E-state index in [0.29, 0.717) is 13.2 Å². The number of hydrogen-bond acceptors (Lipinski definition) is 7. The van der Waals surface area contributed by atoms with Crippen molar-refractivity contribution in [3.05, 3.63) is 36.8 Å². The van der Waals surface area contributed by atoms with Crippen molar-refractivity contribution in [3.8, 4) is 11.5 Å². The van der Waals surface area contributed by atoms with Crippen molar-refractivity contribution in [2.45, 2.75) is 6.92 Å². The van der Waals surface area contributed by atoms with Gasteiger partial charge in [0.1, 0.15) is 30.3 Å². The van der Waals surface area contributed by atoms with E-state index in [4.69, 9.17) is 9.47 Å². The van der Waals surface area contributed by atoms with Crippen LogP contribution in [0.15, 0.2) is 36.8 Å². The maximum Gasteiger partial charge on any atom is 0.163 e. The van der Waals surface area contributed by atoms with Crippen LogP contribution in [0.3, 0.4) is 0 Å².